The number of rotatable bonds is 17. The molecule has 5 rings (SSSR count). The number of esters is 3. The second kappa shape index (κ2) is 27.0. The fourth-order valence-electron chi connectivity index (χ4n) is 6.28. The number of halogens is 2. The number of ether oxygens (including phenoxy) is 7. The van der Waals surface area contributed by atoms with Crippen molar-refractivity contribution in [2.45, 2.75) is 144 Å². The molecular formula is C53H72F2N6O12S3. The zero-order chi connectivity index (χ0) is 57.6. The van der Waals surface area contributed by atoms with Crippen LogP contribution in [-0.4, -0.2) is 90.3 Å². The number of amides is 2. The molecule has 0 fully saturated rings. The highest BCUT2D eigenvalue weighted by Gasteiger charge is 2.40. The SMILES string of the molecule is CCOC(=O)C(C)(C)c1csc(N(Cc2ccc(OC)cc2)C(=O)OC(C)(C)C)n1.CCOC(=O)C(C)(C)c1nc(N(Cc2ccc(OC)cc2)C(=O)OC(C)(C)C)sc1F.CCOC(=O)C(C)(C)c1nc(N)sc1F. The number of anilines is 3. The van der Waals surface area contributed by atoms with Crippen LogP contribution in [0.4, 0.5) is 33.8 Å². The molecule has 18 nitrogen and oxygen atoms in total. The van der Waals surface area contributed by atoms with E-state index in [0.29, 0.717) is 34.5 Å². The van der Waals surface area contributed by atoms with Gasteiger partial charge in [-0.25, -0.2) is 34.3 Å². The van der Waals surface area contributed by atoms with Gasteiger partial charge in [0.05, 0.1) is 52.8 Å². The molecule has 0 aliphatic carbocycles. The van der Waals surface area contributed by atoms with E-state index < -0.39 is 61.8 Å². The van der Waals surface area contributed by atoms with E-state index in [1.807, 2.05) is 45.0 Å². The van der Waals surface area contributed by atoms with E-state index in [0.717, 1.165) is 28.2 Å². The number of hydrogen-bond acceptors (Lipinski definition) is 19. The zero-order valence-corrected chi connectivity index (χ0v) is 48.9. The molecule has 2 N–H and O–H groups in total. The van der Waals surface area contributed by atoms with E-state index in [-0.39, 0.29) is 53.9 Å². The van der Waals surface area contributed by atoms with Crippen molar-refractivity contribution in [1.82, 2.24) is 15.0 Å². The van der Waals surface area contributed by atoms with Gasteiger partial charge in [0.15, 0.2) is 15.4 Å². The minimum absolute atomic E-state index is 0.0449. The van der Waals surface area contributed by atoms with Crippen LogP contribution in [0.2, 0.25) is 0 Å². The largest absolute Gasteiger partial charge is 0.497 e. The van der Waals surface area contributed by atoms with Crippen LogP contribution >= 0.6 is 34.0 Å². The summed E-state index contributed by atoms with van der Waals surface area (Å²) in [6.45, 7) is 26.6. The highest BCUT2D eigenvalue weighted by molar-refractivity contribution is 7.14. The van der Waals surface area contributed by atoms with Gasteiger partial charge in [0, 0.05) is 5.38 Å². The van der Waals surface area contributed by atoms with Gasteiger partial charge in [-0.05, 0) is 139 Å². The smallest absolute Gasteiger partial charge is 0.416 e. The minimum atomic E-state index is -1.31. The van der Waals surface area contributed by atoms with Crippen LogP contribution in [0.5, 0.6) is 11.5 Å². The van der Waals surface area contributed by atoms with Gasteiger partial charge >= 0.3 is 30.1 Å². The van der Waals surface area contributed by atoms with Gasteiger partial charge in [-0.1, -0.05) is 46.9 Å². The molecule has 0 saturated carbocycles. The van der Waals surface area contributed by atoms with Crippen molar-refractivity contribution in [3.63, 3.8) is 0 Å². The summed E-state index contributed by atoms with van der Waals surface area (Å²) in [6.07, 6.45) is -1.18. The van der Waals surface area contributed by atoms with Crippen LogP contribution in [0, 0.1) is 10.3 Å². The van der Waals surface area contributed by atoms with Gasteiger partial charge < -0.3 is 38.9 Å². The molecule has 5 aromatic rings. The number of nitrogen functional groups attached to an aromatic ring is 1. The summed E-state index contributed by atoms with van der Waals surface area (Å²) >= 11 is 2.69. The third-order valence-corrected chi connectivity index (χ3v) is 12.9. The van der Waals surface area contributed by atoms with E-state index in [4.69, 9.17) is 38.9 Å². The molecular weight excluding hydrogens is 1050 g/mol. The molecule has 2 aromatic carbocycles. The number of carbonyl (C=O) groups is 5. The van der Waals surface area contributed by atoms with Crippen molar-refractivity contribution in [3.8, 4) is 11.5 Å². The summed E-state index contributed by atoms with van der Waals surface area (Å²) in [7, 11) is 3.16. The normalized spacial score (nSPS) is 11.7. The Labute approximate surface area is 456 Å². The molecule has 3 heterocycles. The Kier molecular flexibility index (Phi) is 22.7. The molecule has 0 aliphatic heterocycles. The van der Waals surface area contributed by atoms with E-state index in [9.17, 15) is 32.8 Å². The second-order valence-electron chi connectivity index (χ2n) is 20.2. The Morgan fingerprint density at radius 3 is 1.26 bits per heavy atom. The summed E-state index contributed by atoms with van der Waals surface area (Å²) in [5, 5.41) is 1.24. The number of benzene rings is 2. The molecule has 0 saturated heterocycles. The average molecular weight is 1120 g/mol. The van der Waals surface area contributed by atoms with Crippen LogP contribution in [0.15, 0.2) is 53.9 Å². The molecule has 0 aliphatic rings. The van der Waals surface area contributed by atoms with Crippen LogP contribution in [-0.2, 0) is 67.4 Å². The summed E-state index contributed by atoms with van der Waals surface area (Å²) in [6, 6.07) is 14.5. The predicted molar refractivity (Wildman–Crippen MR) is 290 cm³/mol. The van der Waals surface area contributed by atoms with Crippen molar-refractivity contribution in [2.75, 3.05) is 49.6 Å². The van der Waals surface area contributed by atoms with Crippen LogP contribution < -0.4 is 25.0 Å². The number of methoxy groups -OCH3 is 2. The van der Waals surface area contributed by atoms with Gasteiger partial charge in [0.2, 0.25) is 10.3 Å². The van der Waals surface area contributed by atoms with Crippen molar-refractivity contribution >= 4 is 79.5 Å². The van der Waals surface area contributed by atoms with E-state index in [2.05, 4.69) is 15.0 Å². The lowest BCUT2D eigenvalue weighted by Crippen LogP contribution is -2.37. The first-order valence-electron chi connectivity index (χ1n) is 24.1. The fourth-order valence-corrected chi connectivity index (χ4v) is 8.93. The van der Waals surface area contributed by atoms with Crippen molar-refractivity contribution in [2.24, 2.45) is 0 Å². The molecule has 0 atom stereocenters. The van der Waals surface area contributed by atoms with Crippen LogP contribution in [0.3, 0.4) is 0 Å². The maximum Gasteiger partial charge on any atom is 0.416 e. The summed E-state index contributed by atoms with van der Waals surface area (Å²) in [5.74, 6) is -0.0543. The lowest BCUT2D eigenvalue weighted by atomic mass is 9.90. The highest BCUT2D eigenvalue weighted by Crippen LogP contribution is 2.36. The third-order valence-electron chi connectivity index (χ3n) is 10.5. The van der Waals surface area contributed by atoms with E-state index in [1.54, 1.807) is 113 Å². The maximum atomic E-state index is 14.9. The number of carbonyl (C=O) groups excluding carboxylic acids is 5. The molecule has 0 radical (unpaired) electrons. The summed E-state index contributed by atoms with van der Waals surface area (Å²) in [4.78, 5) is 77.5. The Balaban J connectivity index is 0.000000318. The van der Waals surface area contributed by atoms with Gasteiger partial charge in [-0.15, -0.1) is 11.3 Å². The topological polar surface area (TPSA) is 221 Å². The number of aromatic nitrogens is 3. The highest BCUT2D eigenvalue weighted by atomic mass is 32.1. The monoisotopic (exact) mass is 1120 g/mol. The predicted octanol–water partition coefficient (Wildman–Crippen LogP) is 11.7. The molecule has 76 heavy (non-hydrogen) atoms. The van der Waals surface area contributed by atoms with Crippen molar-refractivity contribution < 1.29 is 65.9 Å². The Morgan fingerprint density at radius 1 is 0.539 bits per heavy atom. The maximum absolute atomic E-state index is 14.9. The van der Waals surface area contributed by atoms with Crippen molar-refractivity contribution in [1.29, 1.82) is 0 Å². The molecule has 0 bridgehead atoms. The van der Waals surface area contributed by atoms with Crippen molar-refractivity contribution in [3.05, 3.63) is 92.4 Å². The average Bonchev–Trinajstić information content (AvgIpc) is 4.08. The first-order chi connectivity index (χ1) is 35.2. The number of thiazole rings is 3. The molecule has 0 unspecified atom stereocenters. The first kappa shape index (κ1) is 63.8. The Hall–Kier alpha value is -6.46. The zero-order valence-electron chi connectivity index (χ0n) is 46.4. The number of nitrogens with zero attached hydrogens (tertiary/aromatic N) is 5. The third kappa shape index (κ3) is 17.8. The summed E-state index contributed by atoms with van der Waals surface area (Å²) < 4.78 is 64.8. The number of nitrogens with two attached hydrogens (primary N) is 1. The van der Waals surface area contributed by atoms with Crippen LogP contribution in [0.1, 0.15) is 132 Å². The molecule has 418 valence electrons. The lowest BCUT2D eigenvalue weighted by Gasteiger charge is -2.26. The standard InChI is InChI=1S/C22H29FN2O5S.C22H30N2O5S.C9H13FN2O2S/c1-8-29-18(26)22(5,6)16-17(23)31-19(24-16)25(20(27)30-21(2,3)4)13-14-9-11-15(28-7)12-10-14;1-8-28-18(25)22(5,6)17-14-30-19(23-17)24(20(26)29-21(2,3)4)13-15-9-11-16(27-7)12-10-15;1-4-14-7(13)9(2,3)5-6(10)15-8(11)12-5/h9-12H,8,13H2,1-7H3;9-12,14H,8,13H2,1-7H3;4H2,1-3H3,(H2,11,12). The van der Waals surface area contributed by atoms with Gasteiger partial charge in [0.1, 0.15) is 50.3 Å². The lowest BCUT2D eigenvalue weighted by molar-refractivity contribution is -0.149. The Bertz CT molecular complexity index is 2730. The van der Waals surface area contributed by atoms with Gasteiger partial charge in [0.25, 0.3) is 0 Å². The van der Waals surface area contributed by atoms with Gasteiger partial charge in [-0.2, -0.15) is 8.78 Å². The van der Waals surface area contributed by atoms with Crippen LogP contribution in [0.25, 0.3) is 0 Å². The molecule has 0 spiro atoms. The number of hydrogen-bond donors (Lipinski definition) is 1. The Morgan fingerprint density at radius 2 is 0.908 bits per heavy atom. The molecule has 23 heteroatoms. The molecule has 3 aromatic heterocycles. The fraction of sp³-hybridized carbons (Fsp3) is 0.509. The van der Waals surface area contributed by atoms with E-state index in [1.165, 1.54) is 35.0 Å². The second-order valence-corrected chi connectivity index (χ2v) is 22.9. The quantitative estimate of drug-likeness (QED) is 0.0675. The van der Waals surface area contributed by atoms with Gasteiger partial charge in [-0.3, -0.25) is 14.4 Å². The van der Waals surface area contributed by atoms with E-state index >= 15 is 0 Å². The minimum Gasteiger partial charge on any atom is -0.497 e. The summed E-state index contributed by atoms with van der Waals surface area (Å²) in [5.41, 5.74) is 2.80. The first-order valence-corrected chi connectivity index (χ1v) is 26.6. The molecule has 2 amide bonds.